The van der Waals surface area contributed by atoms with Gasteiger partial charge in [0, 0.05) is 12.7 Å². The van der Waals surface area contributed by atoms with Crippen molar-refractivity contribution in [1.29, 1.82) is 0 Å². The summed E-state index contributed by atoms with van der Waals surface area (Å²) in [7, 11) is 0. The zero-order valence-electron chi connectivity index (χ0n) is 10.2. The molecule has 0 saturated heterocycles. The third-order valence-corrected chi connectivity index (χ3v) is 2.42. The zero-order valence-corrected chi connectivity index (χ0v) is 10.2. The number of nitrogen functional groups attached to an aromatic ring is 1. The maximum Gasteiger partial charge on any atom is 0.416 e. The first kappa shape index (κ1) is 14.1. The van der Waals surface area contributed by atoms with E-state index in [2.05, 4.69) is 26.0 Å². The molecule has 20 heavy (non-hydrogen) atoms. The second kappa shape index (κ2) is 5.74. The van der Waals surface area contributed by atoms with Crippen LogP contribution in [0.2, 0.25) is 0 Å². The van der Waals surface area contributed by atoms with E-state index in [0.29, 0.717) is 13.1 Å². The highest BCUT2D eigenvalue weighted by Gasteiger charge is 2.31. The van der Waals surface area contributed by atoms with E-state index in [9.17, 15) is 13.2 Å². The van der Waals surface area contributed by atoms with Gasteiger partial charge in [-0.25, -0.2) is 10.8 Å². The number of pyridine rings is 1. The molecule has 7 nitrogen and oxygen atoms in total. The molecule has 0 aromatic carbocycles. The molecule has 0 aliphatic carbocycles. The van der Waals surface area contributed by atoms with Crippen molar-refractivity contribution >= 4 is 11.6 Å². The molecular formula is C10H12F3N7. The van der Waals surface area contributed by atoms with E-state index in [1.54, 1.807) is 10.9 Å². The molecule has 2 heterocycles. The summed E-state index contributed by atoms with van der Waals surface area (Å²) in [5.74, 6) is 5.12. The molecule has 2 aromatic heterocycles. The molecule has 0 spiro atoms. The molecule has 0 unspecified atom stereocenters. The Morgan fingerprint density at radius 1 is 1.25 bits per heavy atom. The predicted molar refractivity (Wildman–Crippen MR) is 65.6 cm³/mol. The Balaban J connectivity index is 2.06. The van der Waals surface area contributed by atoms with Gasteiger partial charge in [0.1, 0.15) is 11.6 Å². The van der Waals surface area contributed by atoms with Gasteiger partial charge >= 0.3 is 6.18 Å². The summed E-state index contributed by atoms with van der Waals surface area (Å²) in [5, 5.41) is 10.1. The Morgan fingerprint density at radius 2 is 2.00 bits per heavy atom. The number of hydrogen-bond acceptors (Lipinski definition) is 6. The lowest BCUT2D eigenvalue weighted by Crippen LogP contribution is -2.16. The summed E-state index contributed by atoms with van der Waals surface area (Å²) >= 11 is 0. The largest absolute Gasteiger partial charge is 0.416 e. The molecule has 108 valence electrons. The first-order valence-electron chi connectivity index (χ1n) is 5.63. The minimum Gasteiger partial charge on any atom is -0.368 e. The summed E-state index contributed by atoms with van der Waals surface area (Å²) in [6.45, 7) is 0.797. The SMILES string of the molecule is NNc1cc(C(F)(F)F)cc(NCCn2ccnn2)n1. The van der Waals surface area contributed by atoms with Gasteiger partial charge in [0.25, 0.3) is 0 Å². The standard InChI is InChI=1S/C10H12F3N7/c11-10(12,13)7-5-8(17-9(6-7)18-14)15-1-3-20-4-2-16-19-20/h2,4-6H,1,3,14H2,(H2,15,17,18). The van der Waals surface area contributed by atoms with Crippen LogP contribution in [0.5, 0.6) is 0 Å². The average Bonchev–Trinajstić information content (AvgIpc) is 2.90. The topological polar surface area (TPSA) is 93.7 Å². The highest BCUT2D eigenvalue weighted by molar-refractivity contribution is 5.49. The molecule has 0 atom stereocenters. The highest BCUT2D eigenvalue weighted by Crippen LogP contribution is 2.31. The number of nitrogens with one attached hydrogen (secondary N) is 2. The number of rotatable bonds is 5. The van der Waals surface area contributed by atoms with Gasteiger partial charge in [-0.15, -0.1) is 5.10 Å². The van der Waals surface area contributed by atoms with Crippen LogP contribution in [0.4, 0.5) is 24.8 Å². The van der Waals surface area contributed by atoms with Crippen LogP contribution in [0, 0.1) is 0 Å². The van der Waals surface area contributed by atoms with Gasteiger partial charge in [-0.3, -0.25) is 4.68 Å². The maximum atomic E-state index is 12.7. The average molecular weight is 287 g/mol. The van der Waals surface area contributed by atoms with Gasteiger partial charge in [0.15, 0.2) is 0 Å². The van der Waals surface area contributed by atoms with E-state index in [4.69, 9.17) is 5.84 Å². The fourth-order valence-electron chi connectivity index (χ4n) is 1.51. The number of aromatic nitrogens is 4. The van der Waals surface area contributed by atoms with E-state index >= 15 is 0 Å². The van der Waals surface area contributed by atoms with E-state index in [1.807, 2.05) is 0 Å². The van der Waals surface area contributed by atoms with Gasteiger partial charge in [-0.05, 0) is 12.1 Å². The number of nitrogens with zero attached hydrogens (tertiary/aromatic N) is 4. The summed E-state index contributed by atoms with van der Waals surface area (Å²) < 4.78 is 39.6. The van der Waals surface area contributed by atoms with Crippen molar-refractivity contribution in [3.8, 4) is 0 Å². The smallest absolute Gasteiger partial charge is 0.368 e. The Kier molecular flexibility index (Phi) is 4.03. The molecular weight excluding hydrogens is 275 g/mol. The van der Waals surface area contributed by atoms with Crippen LogP contribution in [0.25, 0.3) is 0 Å². The lowest BCUT2D eigenvalue weighted by Gasteiger charge is -2.12. The van der Waals surface area contributed by atoms with Crippen LogP contribution in [-0.2, 0) is 12.7 Å². The Hall–Kier alpha value is -2.36. The molecule has 2 aromatic rings. The number of anilines is 2. The summed E-state index contributed by atoms with van der Waals surface area (Å²) in [6, 6.07) is 1.75. The molecule has 0 saturated carbocycles. The number of nitrogens with two attached hydrogens (primary N) is 1. The fraction of sp³-hybridized carbons (Fsp3) is 0.300. The molecule has 0 amide bonds. The third-order valence-electron chi connectivity index (χ3n) is 2.42. The van der Waals surface area contributed by atoms with Crippen molar-refractivity contribution in [3.63, 3.8) is 0 Å². The number of alkyl halides is 3. The summed E-state index contributed by atoms with van der Waals surface area (Å²) in [6.07, 6.45) is -1.30. The van der Waals surface area contributed by atoms with Gasteiger partial charge in [0.2, 0.25) is 0 Å². The van der Waals surface area contributed by atoms with E-state index in [-0.39, 0.29) is 11.6 Å². The zero-order chi connectivity index (χ0) is 14.6. The first-order chi connectivity index (χ1) is 9.49. The van der Waals surface area contributed by atoms with E-state index in [0.717, 1.165) is 12.1 Å². The number of hydrogen-bond donors (Lipinski definition) is 3. The highest BCUT2D eigenvalue weighted by atomic mass is 19.4. The maximum absolute atomic E-state index is 12.7. The number of hydrazine groups is 1. The van der Waals surface area contributed by atoms with Crippen molar-refractivity contribution < 1.29 is 13.2 Å². The van der Waals surface area contributed by atoms with Crippen LogP contribution >= 0.6 is 0 Å². The van der Waals surface area contributed by atoms with Crippen molar-refractivity contribution in [2.75, 3.05) is 17.3 Å². The predicted octanol–water partition coefficient (Wildman–Crippen LogP) is 1.09. The molecule has 10 heteroatoms. The van der Waals surface area contributed by atoms with Crippen LogP contribution in [0.15, 0.2) is 24.5 Å². The van der Waals surface area contributed by atoms with Crippen LogP contribution < -0.4 is 16.6 Å². The Labute approximate surface area is 112 Å². The van der Waals surface area contributed by atoms with Gasteiger partial charge < -0.3 is 10.7 Å². The van der Waals surface area contributed by atoms with Crippen molar-refractivity contribution in [2.45, 2.75) is 12.7 Å². The molecule has 0 aliphatic heterocycles. The van der Waals surface area contributed by atoms with E-state index < -0.39 is 11.7 Å². The van der Waals surface area contributed by atoms with Gasteiger partial charge in [-0.1, -0.05) is 5.21 Å². The van der Waals surface area contributed by atoms with Crippen LogP contribution in [0.1, 0.15) is 5.56 Å². The molecule has 0 fully saturated rings. The molecule has 2 rings (SSSR count). The second-order valence-corrected chi connectivity index (χ2v) is 3.86. The normalized spacial score (nSPS) is 11.4. The van der Waals surface area contributed by atoms with Crippen molar-refractivity contribution in [2.24, 2.45) is 5.84 Å². The van der Waals surface area contributed by atoms with Crippen molar-refractivity contribution in [1.82, 2.24) is 20.0 Å². The second-order valence-electron chi connectivity index (χ2n) is 3.86. The molecule has 0 radical (unpaired) electrons. The lowest BCUT2D eigenvalue weighted by atomic mass is 10.2. The minimum atomic E-state index is -4.46. The van der Waals surface area contributed by atoms with Crippen molar-refractivity contribution in [3.05, 3.63) is 30.1 Å². The monoisotopic (exact) mass is 287 g/mol. The number of halogens is 3. The molecule has 0 aliphatic rings. The Bertz CT molecular complexity index is 552. The van der Waals surface area contributed by atoms with Crippen LogP contribution in [0.3, 0.4) is 0 Å². The minimum absolute atomic E-state index is 0.0666. The summed E-state index contributed by atoms with van der Waals surface area (Å²) in [5.41, 5.74) is 1.28. The molecule has 4 N–H and O–H groups in total. The van der Waals surface area contributed by atoms with Gasteiger partial charge in [-0.2, -0.15) is 13.2 Å². The quantitative estimate of drug-likeness (QED) is 0.563. The Morgan fingerprint density at radius 3 is 2.60 bits per heavy atom. The lowest BCUT2D eigenvalue weighted by molar-refractivity contribution is -0.137. The fourth-order valence-corrected chi connectivity index (χ4v) is 1.51. The van der Waals surface area contributed by atoms with Crippen LogP contribution in [-0.4, -0.2) is 26.5 Å². The van der Waals surface area contributed by atoms with E-state index in [1.165, 1.54) is 6.20 Å². The molecule has 0 bridgehead atoms. The van der Waals surface area contributed by atoms with Gasteiger partial charge in [0.05, 0.1) is 18.3 Å². The third kappa shape index (κ3) is 3.57. The summed E-state index contributed by atoms with van der Waals surface area (Å²) in [4.78, 5) is 3.89. The first-order valence-corrected chi connectivity index (χ1v) is 5.63.